The molecule has 2 heterocycles. The van der Waals surface area contributed by atoms with Crippen molar-refractivity contribution >= 4 is 47.9 Å². The Morgan fingerprint density at radius 1 is 1.00 bits per heavy atom. The fourth-order valence-electron chi connectivity index (χ4n) is 5.63. The van der Waals surface area contributed by atoms with E-state index in [0.717, 1.165) is 40.8 Å². The largest absolute Gasteiger partial charge is 0.334 e. The van der Waals surface area contributed by atoms with Gasteiger partial charge in [0.25, 0.3) is 5.91 Å². The lowest BCUT2D eigenvalue weighted by Crippen LogP contribution is -2.56. The third-order valence-electron chi connectivity index (χ3n) is 7.69. The lowest BCUT2D eigenvalue weighted by molar-refractivity contribution is 0.0658. The highest BCUT2D eigenvalue weighted by molar-refractivity contribution is 7.91. The molecule has 216 valence electrons. The zero-order valence-electron chi connectivity index (χ0n) is 23.4. The van der Waals surface area contributed by atoms with Gasteiger partial charge in [0, 0.05) is 35.8 Å². The summed E-state index contributed by atoms with van der Waals surface area (Å²) in [4.78, 5) is 20.8. The van der Waals surface area contributed by atoms with E-state index in [1.165, 1.54) is 36.9 Å². The number of rotatable bonds is 7. The van der Waals surface area contributed by atoms with Crippen LogP contribution in [0.5, 0.6) is 0 Å². The quantitative estimate of drug-likeness (QED) is 0.405. The van der Waals surface area contributed by atoms with Crippen LogP contribution in [0.2, 0.25) is 0 Å². The van der Waals surface area contributed by atoms with E-state index in [2.05, 4.69) is 4.72 Å². The number of hydrogen-bond acceptors (Lipinski definition) is 7. The SMILES string of the molecule is CC(C)(C)NS(=O)(=O)c1ccc(-c2sc(C(=O)N3CC(S(C)(=O)=O)C3)nc2CC2CCCCC2)c2ccccc12. The summed E-state index contributed by atoms with van der Waals surface area (Å²) in [6, 6.07) is 10.9. The minimum Gasteiger partial charge on any atom is -0.334 e. The molecular weight excluding hydrogens is 567 g/mol. The first-order valence-corrected chi connectivity index (χ1v) is 18.0. The molecule has 1 saturated carbocycles. The number of likely N-dealkylation sites (tertiary alicyclic amines) is 1. The standard InChI is InChI=1S/C29H37N3O5S3/c1-29(2,3)31-40(36,37)25-15-14-23(21-12-8-9-13-22(21)25)26-24(16-19-10-6-5-7-11-19)30-27(38-26)28(33)32-17-20(18-32)39(4,34)35/h8-9,12-15,19-20,31H,5-7,10-11,16-18H2,1-4H3. The zero-order valence-corrected chi connectivity index (χ0v) is 25.9. The summed E-state index contributed by atoms with van der Waals surface area (Å²) in [5.41, 5.74) is 1.07. The maximum Gasteiger partial charge on any atom is 0.282 e. The summed E-state index contributed by atoms with van der Waals surface area (Å²) in [6.45, 7) is 5.79. The molecule has 1 aliphatic carbocycles. The van der Waals surface area contributed by atoms with Gasteiger partial charge in [-0.15, -0.1) is 11.3 Å². The normalized spacial score (nSPS) is 17.8. The molecular formula is C29H37N3O5S3. The molecule has 11 heteroatoms. The lowest BCUT2D eigenvalue weighted by atomic mass is 9.85. The predicted octanol–water partition coefficient (Wildman–Crippen LogP) is 5.03. The average molecular weight is 604 g/mol. The van der Waals surface area contributed by atoms with Gasteiger partial charge in [0.1, 0.15) is 0 Å². The molecule has 0 radical (unpaired) electrons. The van der Waals surface area contributed by atoms with E-state index in [1.807, 2.05) is 51.1 Å². The second-order valence-electron chi connectivity index (χ2n) is 12.2. The lowest BCUT2D eigenvalue weighted by Gasteiger charge is -2.37. The Labute approximate surface area is 241 Å². The Balaban J connectivity index is 1.57. The molecule has 0 spiro atoms. The summed E-state index contributed by atoms with van der Waals surface area (Å²) >= 11 is 1.32. The van der Waals surface area contributed by atoms with E-state index in [1.54, 1.807) is 11.0 Å². The van der Waals surface area contributed by atoms with Crippen LogP contribution in [0.25, 0.3) is 21.2 Å². The Kier molecular flexibility index (Phi) is 7.88. The number of nitrogens with zero attached hydrogens (tertiary/aromatic N) is 2. The molecule has 1 aliphatic heterocycles. The van der Waals surface area contributed by atoms with Crippen molar-refractivity contribution in [1.29, 1.82) is 0 Å². The highest BCUT2D eigenvalue weighted by atomic mass is 32.2. The number of benzene rings is 2. The van der Waals surface area contributed by atoms with E-state index in [-0.39, 0.29) is 23.9 Å². The van der Waals surface area contributed by atoms with Crippen molar-refractivity contribution in [2.75, 3.05) is 19.3 Å². The van der Waals surface area contributed by atoms with Crippen molar-refractivity contribution in [3.8, 4) is 10.4 Å². The van der Waals surface area contributed by atoms with Gasteiger partial charge in [-0.2, -0.15) is 0 Å². The second-order valence-corrected chi connectivity index (χ2v) is 17.2. The first-order valence-electron chi connectivity index (χ1n) is 13.8. The number of nitrogens with one attached hydrogen (secondary N) is 1. The number of carbonyl (C=O) groups is 1. The number of carbonyl (C=O) groups excluding carboxylic acids is 1. The van der Waals surface area contributed by atoms with Crippen molar-refractivity contribution < 1.29 is 21.6 Å². The van der Waals surface area contributed by atoms with Gasteiger partial charge in [-0.1, -0.05) is 62.4 Å². The van der Waals surface area contributed by atoms with Crippen LogP contribution in [-0.2, 0) is 26.3 Å². The third kappa shape index (κ3) is 6.12. The molecule has 2 aromatic carbocycles. The van der Waals surface area contributed by atoms with Gasteiger partial charge in [0.05, 0.1) is 20.7 Å². The molecule has 1 aromatic heterocycles. The first-order chi connectivity index (χ1) is 18.7. The van der Waals surface area contributed by atoms with Gasteiger partial charge < -0.3 is 4.90 Å². The first kappa shape index (κ1) is 29.2. The van der Waals surface area contributed by atoms with Crippen LogP contribution in [0.4, 0.5) is 0 Å². The molecule has 0 atom stereocenters. The molecule has 1 saturated heterocycles. The molecule has 0 bridgehead atoms. The second kappa shape index (κ2) is 10.8. The van der Waals surface area contributed by atoms with Crippen molar-refractivity contribution in [3.05, 3.63) is 47.1 Å². The predicted molar refractivity (Wildman–Crippen MR) is 160 cm³/mol. The molecule has 5 rings (SSSR count). The third-order valence-corrected chi connectivity index (χ3v) is 12.1. The van der Waals surface area contributed by atoms with Crippen LogP contribution < -0.4 is 4.72 Å². The highest BCUT2D eigenvalue weighted by Gasteiger charge is 2.39. The average Bonchev–Trinajstić information content (AvgIpc) is 3.24. The fourth-order valence-corrected chi connectivity index (χ4v) is 9.26. The number of fused-ring (bicyclic) bond motifs is 1. The molecule has 8 nitrogen and oxygen atoms in total. The van der Waals surface area contributed by atoms with Crippen molar-refractivity contribution in [2.45, 2.75) is 75.0 Å². The Morgan fingerprint density at radius 2 is 1.65 bits per heavy atom. The summed E-state index contributed by atoms with van der Waals surface area (Å²) in [5, 5.41) is 1.22. The minimum atomic E-state index is -3.78. The molecule has 3 aromatic rings. The van der Waals surface area contributed by atoms with Crippen LogP contribution in [0, 0.1) is 5.92 Å². The molecule has 2 fully saturated rings. The van der Waals surface area contributed by atoms with Crippen LogP contribution in [-0.4, -0.2) is 62.8 Å². The summed E-state index contributed by atoms with van der Waals surface area (Å²) in [6.07, 6.45) is 7.82. The molecule has 40 heavy (non-hydrogen) atoms. The molecule has 1 amide bonds. The summed E-state index contributed by atoms with van der Waals surface area (Å²) in [5.74, 6) is 0.233. The molecule has 2 aliphatic rings. The van der Waals surface area contributed by atoms with Gasteiger partial charge in [-0.3, -0.25) is 4.79 Å². The number of hydrogen-bond donors (Lipinski definition) is 1. The van der Waals surface area contributed by atoms with Gasteiger partial charge in [0.2, 0.25) is 10.0 Å². The van der Waals surface area contributed by atoms with Crippen molar-refractivity contribution in [3.63, 3.8) is 0 Å². The van der Waals surface area contributed by atoms with Crippen molar-refractivity contribution in [1.82, 2.24) is 14.6 Å². The number of thiazole rings is 1. The van der Waals surface area contributed by atoms with Gasteiger partial charge in [0.15, 0.2) is 14.8 Å². The maximum absolute atomic E-state index is 13.4. The van der Waals surface area contributed by atoms with E-state index in [9.17, 15) is 21.6 Å². The van der Waals surface area contributed by atoms with Gasteiger partial charge >= 0.3 is 0 Å². The maximum atomic E-state index is 13.4. The summed E-state index contributed by atoms with van der Waals surface area (Å²) < 4.78 is 53.2. The van der Waals surface area contributed by atoms with Crippen molar-refractivity contribution in [2.24, 2.45) is 5.92 Å². The van der Waals surface area contributed by atoms with E-state index >= 15 is 0 Å². The number of aromatic nitrogens is 1. The van der Waals surface area contributed by atoms with Crippen LogP contribution in [0.3, 0.4) is 0 Å². The fraction of sp³-hybridized carbons (Fsp3) is 0.517. The van der Waals surface area contributed by atoms with Crippen LogP contribution in [0.15, 0.2) is 41.3 Å². The van der Waals surface area contributed by atoms with Gasteiger partial charge in [-0.25, -0.2) is 26.5 Å². The van der Waals surface area contributed by atoms with E-state index < -0.39 is 30.6 Å². The smallest absolute Gasteiger partial charge is 0.282 e. The van der Waals surface area contributed by atoms with Crippen LogP contribution in [0.1, 0.15) is 68.4 Å². The monoisotopic (exact) mass is 603 g/mol. The number of sulfonamides is 1. The van der Waals surface area contributed by atoms with Gasteiger partial charge in [-0.05, 0) is 44.6 Å². The topological polar surface area (TPSA) is 114 Å². The van der Waals surface area contributed by atoms with E-state index in [4.69, 9.17) is 4.98 Å². The van der Waals surface area contributed by atoms with E-state index in [0.29, 0.717) is 16.3 Å². The molecule has 0 unspecified atom stereocenters. The Hall–Kier alpha value is -2.34. The number of amides is 1. The number of sulfone groups is 1. The molecule has 1 N–H and O–H groups in total. The minimum absolute atomic E-state index is 0.181. The highest BCUT2D eigenvalue weighted by Crippen LogP contribution is 2.40. The van der Waals surface area contributed by atoms with Crippen LogP contribution >= 0.6 is 11.3 Å². The Morgan fingerprint density at radius 3 is 2.27 bits per heavy atom. The Bertz CT molecular complexity index is 1640. The summed E-state index contributed by atoms with van der Waals surface area (Å²) in [7, 11) is -6.98. The zero-order chi connectivity index (χ0) is 28.9.